The molecule has 0 fully saturated rings. The van der Waals surface area contributed by atoms with Gasteiger partial charge in [-0.05, 0) is 24.0 Å². The highest BCUT2D eigenvalue weighted by molar-refractivity contribution is 5.17. The molecule has 0 aliphatic heterocycles. The average molecular weight is 238 g/mol. The van der Waals surface area contributed by atoms with E-state index >= 15 is 0 Å². The zero-order valence-electron chi connectivity index (χ0n) is 10.8. The number of aliphatic hydroxyl groups is 1. The molecular formula is C13H22N2O2. The lowest BCUT2D eigenvalue weighted by Gasteiger charge is -2.31. The van der Waals surface area contributed by atoms with E-state index in [9.17, 15) is 0 Å². The molecule has 1 aromatic rings. The summed E-state index contributed by atoms with van der Waals surface area (Å²) < 4.78 is 0. The molecule has 3 N–H and O–H groups in total. The third kappa shape index (κ3) is 4.71. The Morgan fingerprint density at radius 3 is 2.53 bits per heavy atom. The second-order valence-corrected chi connectivity index (χ2v) is 5.32. The predicted molar refractivity (Wildman–Crippen MR) is 67.7 cm³/mol. The molecule has 0 amide bonds. The summed E-state index contributed by atoms with van der Waals surface area (Å²) >= 11 is 0. The molecule has 1 aromatic heterocycles. The maximum Gasteiger partial charge on any atom is 0.133 e. The zero-order chi connectivity index (χ0) is 12.9. The molecule has 96 valence electrons. The molecule has 17 heavy (non-hydrogen) atoms. The first-order valence-corrected chi connectivity index (χ1v) is 5.91. The molecule has 0 saturated carbocycles. The number of aromatic hydroxyl groups is 1. The van der Waals surface area contributed by atoms with E-state index in [2.05, 4.69) is 31.1 Å². The van der Waals surface area contributed by atoms with Crippen molar-refractivity contribution in [3.63, 3.8) is 0 Å². The van der Waals surface area contributed by atoms with E-state index in [1.54, 1.807) is 12.1 Å². The van der Waals surface area contributed by atoms with Crippen LogP contribution < -0.4 is 5.32 Å². The summed E-state index contributed by atoms with van der Waals surface area (Å²) in [6.07, 6.45) is 2.16. The quantitative estimate of drug-likeness (QED) is 0.730. The lowest BCUT2D eigenvalue weighted by molar-refractivity contribution is 0.196. The van der Waals surface area contributed by atoms with Crippen LogP contribution in [0.5, 0.6) is 5.75 Å². The molecule has 0 aromatic carbocycles. The fourth-order valence-electron chi connectivity index (χ4n) is 1.72. The standard InChI is InChI=1S/C13H22N2O2/c1-13(2,3)12(6-7-16)15-8-10-4-5-11(17)9-14-10/h4-5,9,12,15-17H,6-8H2,1-3H3. The molecule has 1 rings (SSSR count). The van der Waals surface area contributed by atoms with Crippen LogP contribution in [0, 0.1) is 5.41 Å². The van der Waals surface area contributed by atoms with Crippen molar-refractivity contribution in [3.05, 3.63) is 24.0 Å². The maximum atomic E-state index is 9.13. The molecule has 4 nitrogen and oxygen atoms in total. The van der Waals surface area contributed by atoms with Crippen molar-refractivity contribution in [1.29, 1.82) is 0 Å². The molecular weight excluding hydrogens is 216 g/mol. The van der Waals surface area contributed by atoms with Crippen molar-refractivity contribution in [3.8, 4) is 5.75 Å². The topological polar surface area (TPSA) is 65.4 Å². The van der Waals surface area contributed by atoms with E-state index in [0.717, 1.165) is 12.1 Å². The Morgan fingerprint density at radius 1 is 1.35 bits per heavy atom. The third-order valence-corrected chi connectivity index (χ3v) is 2.80. The van der Waals surface area contributed by atoms with Gasteiger partial charge in [-0.25, -0.2) is 0 Å². The monoisotopic (exact) mass is 238 g/mol. The summed E-state index contributed by atoms with van der Waals surface area (Å²) in [6.45, 7) is 7.25. The number of nitrogens with one attached hydrogen (secondary N) is 1. The fraction of sp³-hybridized carbons (Fsp3) is 0.615. The molecule has 1 unspecified atom stereocenters. The summed E-state index contributed by atoms with van der Waals surface area (Å²) in [6, 6.07) is 3.66. The van der Waals surface area contributed by atoms with Gasteiger partial charge in [0.15, 0.2) is 0 Å². The number of hydrogen-bond acceptors (Lipinski definition) is 4. The molecule has 0 radical (unpaired) electrons. The van der Waals surface area contributed by atoms with Crippen LogP contribution in [0.4, 0.5) is 0 Å². The average Bonchev–Trinajstić information content (AvgIpc) is 2.25. The largest absolute Gasteiger partial charge is 0.506 e. The molecule has 0 bridgehead atoms. The van der Waals surface area contributed by atoms with Gasteiger partial charge in [0.2, 0.25) is 0 Å². The number of hydrogen-bond donors (Lipinski definition) is 3. The van der Waals surface area contributed by atoms with Gasteiger partial charge in [0.1, 0.15) is 5.75 Å². The number of nitrogens with zero attached hydrogens (tertiary/aromatic N) is 1. The SMILES string of the molecule is CC(C)(C)C(CCO)NCc1ccc(O)cn1. The second kappa shape index (κ2) is 5.98. The summed E-state index contributed by atoms with van der Waals surface area (Å²) in [5, 5.41) is 21.6. The summed E-state index contributed by atoms with van der Waals surface area (Å²) in [5.74, 6) is 0.177. The van der Waals surface area contributed by atoms with E-state index in [0.29, 0.717) is 6.54 Å². The number of rotatable bonds is 5. The van der Waals surface area contributed by atoms with E-state index in [-0.39, 0.29) is 23.8 Å². The van der Waals surface area contributed by atoms with Crippen molar-refractivity contribution < 1.29 is 10.2 Å². The first kappa shape index (κ1) is 13.9. The Hall–Kier alpha value is -1.13. The van der Waals surface area contributed by atoms with Crippen LogP contribution in [0.3, 0.4) is 0 Å². The van der Waals surface area contributed by atoms with E-state index < -0.39 is 0 Å². The van der Waals surface area contributed by atoms with Gasteiger partial charge in [-0.15, -0.1) is 0 Å². The van der Waals surface area contributed by atoms with Crippen molar-refractivity contribution in [2.45, 2.75) is 39.8 Å². The molecule has 0 spiro atoms. The summed E-state index contributed by atoms with van der Waals surface area (Å²) in [5.41, 5.74) is 0.981. The molecule has 1 atom stereocenters. The van der Waals surface area contributed by atoms with Crippen LogP contribution in [-0.4, -0.2) is 27.8 Å². The van der Waals surface area contributed by atoms with Gasteiger partial charge in [0.05, 0.1) is 11.9 Å². The van der Waals surface area contributed by atoms with Crippen molar-refractivity contribution >= 4 is 0 Å². The Bertz CT molecular complexity index is 330. The van der Waals surface area contributed by atoms with Gasteiger partial charge in [-0.3, -0.25) is 4.98 Å². The van der Waals surface area contributed by atoms with Gasteiger partial charge in [0, 0.05) is 19.2 Å². The molecule has 0 saturated heterocycles. The first-order valence-electron chi connectivity index (χ1n) is 5.91. The third-order valence-electron chi connectivity index (χ3n) is 2.80. The minimum absolute atomic E-state index is 0.0969. The second-order valence-electron chi connectivity index (χ2n) is 5.32. The van der Waals surface area contributed by atoms with E-state index in [4.69, 9.17) is 10.2 Å². The zero-order valence-corrected chi connectivity index (χ0v) is 10.8. The van der Waals surface area contributed by atoms with Gasteiger partial charge in [0.25, 0.3) is 0 Å². The molecule has 4 heteroatoms. The van der Waals surface area contributed by atoms with Crippen molar-refractivity contribution in [2.24, 2.45) is 5.41 Å². The number of aliphatic hydroxyl groups excluding tert-OH is 1. The van der Waals surface area contributed by atoms with Crippen molar-refractivity contribution in [1.82, 2.24) is 10.3 Å². The van der Waals surface area contributed by atoms with Crippen LogP contribution in [-0.2, 0) is 6.54 Å². The number of aromatic nitrogens is 1. The molecule has 0 aliphatic rings. The highest BCUT2D eigenvalue weighted by Crippen LogP contribution is 2.21. The van der Waals surface area contributed by atoms with Crippen LogP contribution >= 0.6 is 0 Å². The predicted octanol–water partition coefficient (Wildman–Crippen LogP) is 1.67. The highest BCUT2D eigenvalue weighted by Gasteiger charge is 2.23. The number of pyridine rings is 1. The lowest BCUT2D eigenvalue weighted by atomic mass is 9.85. The molecule has 0 aliphatic carbocycles. The smallest absolute Gasteiger partial charge is 0.133 e. The molecule has 1 heterocycles. The minimum Gasteiger partial charge on any atom is -0.506 e. The fourth-order valence-corrected chi connectivity index (χ4v) is 1.72. The van der Waals surface area contributed by atoms with Crippen LogP contribution in [0.25, 0.3) is 0 Å². The minimum atomic E-state index is 0.0969. The van der Waals surface area contributed by atoms with Gasteiger partial charge in [-0.1, -0.05) is 20.8 Å². The Morgan fingerprint density at radius 2 is 2.06 bits per heavy atom. The Labute approximate surface area is 103 Å². The summed E-state index contributed by atoms with van der Waals surface area (Å²) in [4.78, 5) is 4.12. The van der Waals surface area contributed by atoms with Crippen LogP contribution in [0.1, 0.15) is 32.9 Å². The summed E-state index contributed by atoms with van der Waals surface area (Å²) in [7, 11) is 0. The lowest BCUT2D eigenvalue weighted by Crippen LogP contribution is -2.40. The van der Waals surface area contributed by atoms with Crippen molar-refractivity contribution in [2.75, 3.05) is 6.61 Å². The van der Waals surface area contributed by atoms with Gasteiger partial charge >= 0.3 is 0 Å². The highest BCUT2D eigenvalue weighted by atomic mass is 16.3. The van der Waals surface area contributed by atoms with E-state index in [1.807, 2.05) is 0 Å². The van der Waals surface area contributed by atoms with Gasteiger partial charge < -0.3 is 15.5 Å². The first-order chi connectivity index (χ1) is 7.93. The van der Waals surface area contributed by atoms with Gasteiger partial charge in [-0.2, -0.15) is 0 Å². The van der Waals surface area contributed by atoms with Crippen LogP contribution in [0.15, 0.2) is 18.3 Å². The maximum absolute atomic E-state index is 9.13. The van der Waals surface area contributed by atoms with Crippen LogP contribution in [0.2, 0.25) is 0 Å². The Balaban J connectivity index is 2.54. The van der Waals surface area contributed by atoms with E-state index in [1.165, 1.54) is 6.20 Å². The Kier molecular flexibility index (Phi) is 4.90. The normalized spacial score (nSPS) is 13.6.